The predicted molar refractivity (Wildman–Crippen MR) is 109 cm³/mol. The van der Waals surface area contributed by atoms with Crippen LogP contribution >= 0.6 is 0 Å². The second-order valence-corrected chi connectivity index (χ2v) is 8.41. The summed E-state index contributed by atoms with van der Waals surface area (Å²) in [6.45, 7) is 8.95. The van der Waals surface area contributed by atoms with Gasteiger partial charge in [0.2, 0.25) is 0 Å². The average Bonchev–Trinajstić information content (AvgIpc) is 3.34. The normalized spacial score (nSPS) is 21.4. The molecule has 0 bridgehead atoms. The highest BCUT2D eigenvalue weighted by Gasteiger charge is 2.35. The molecule has 1 aromatic carbocycles. The van der Waals surface area contributed by atoms with Gasteiger partial charge < -0.3 is 14.3 Å². The average molecular weight is 382 g/mol. The summed E-state index contributed by atoms with van der Waals surface area (Å²) in [5.74, 6) is 2.12. The van der Waals surface area contributed by atoms with Crippen LogP contribution in [-0.4, -0.2) is 53.6 Å². The fourth-order valence-corrected chi connectivity index (χ4v) is 4.88. The molecule has 0 radical (unpaired) electrons. The first-order valence-electron chi connectivity index (χ1n) is 10.6. The van der Waals surface area contributed by atoms with E-state index >= 15 is 0 Å². The number of benzene rings is 1. The van der Waals surface area contributed by atoms with Crippen LogP contribution in [0.4, 0.5) is 0 Å². The standard InChI is InChI=1S/C23H31N3O2/c1-17-22(18(2)28-24-17)23(27)26-15-11-21(16-26)20-9-13-25(14-10-20)12-8-19-6-4-3-5-7-19/h3-7,20-21H,8-16H2,1-2H3. The van der Waals surface area contributed by atoms with Crippen molar-refractivity contribution in [3.05, 3.63) is 52.9 Å². The molecule has 1 unspecified atom stereocenters. The topological polar surface area (TPSA) is 49.6 Å². The van der Waals surface area contributed by atoms with E-state index in [-0.39, 0.29) is 5.91 Å². The van der Waals surface area contributed by atoms with E-state index in [1.807, 2.05) is 18.7 Å². The Morgan fingerprint density at radius 2 is 1.79 bits per heavy atom. The number of hydrogen-bond acceptors (Lipinski definition) is 4. The highest BCUT2D eigenvalue weighted by Crippen LogP contribution is 2.33. The summed E-state index contributed by atoms with van der Waals surface area (Å²) >= 11 is 0. The number of nitrogens with zero attached hydrogens (tertiary/aromatic N) is 3. The third-order valence-electron chi connectivity index (χ3n) is 6.62. The molecule has 5 heteroatoms. The molecule has 1 aromatic heterocycles. The van der Waals surface area contributed by atoms with Gasteiger partial charge in [0.05, 0.1) is 5.69 Å². The number of piperidine rings is 1. The highest BCUT2D eigenvalue weighted by molar-refractivity contribution is 5.96. The van der Waals surface area contributed by atoms with E-state index in [4.69, 9.17) is 4.52 Å². The zero-order valence-electron chi connectivity index (χ0n) is 17.1. The van der Waals surface area contributed by atoms with E-state index in [1.54, 1.807) is 0 Å². The maximum absolute atomic E-state index is 12.9. The monoisotopic (exact) mass is 381 g/mol. The van der Waals surface area contributed by atoms with Crippen LogP contribution in [0.1, 0.15) is 46.6 Å². The van der Waals surface area contributed by atoms with Crippen LogP contribution in [0.15, 0.2) is 34.9 Å². The molecular weight excluding hydrogens is 350 g/mol. The lowest BCUT2D eigenvalue weighted by molar-refractivity contribution is 0.0771. The smallest absolute Gasteiger partial charge is 0.259 e. The van der Waals surface area contributed by atoms with Gasteiger partial charge in [-0.05, 0) is 70.0 Å². The number of likely N-dealkylation sites (tertiary alicyclic amines) is 2. The number of aromatic nitrogens is 1. The molecule has 0 aliphatic carbocycles. The summed E-state index contributed by atoms with van der Waals surface area (Å²) in [4.78, 5) is 17.5. The maximum Gasteiger partial charge on any atom is 0.259 e. The summed E-state index contributed by atoms with van der Waals surface area (Å²) in [6.07, 6.45) is 4.78. The van der Waals surface area contributed by atoms with Crippen LogP contribution in [0.5, 0.6) is 0 Å². The molecule has 2 saturated heterocycles. The minimum Gasteiger partial charge on any atom is -0.361 e. The first-order chi connectivity index (χ1) is 13.6. The van der Waals surface area contributed by atoms with Gasteiger partial charge >= 0.3 is 0 Å². The zero-order valence-corrected chi connectivity index (χ0v) is 17.1. The number of aryl methyl sites for hydroxylation is 2. The van der Waals surface area contributed by atoms with Gasteiger partial charge in [-0.25, -0.2) is 0 Å². The third kappa shape index (κ3) is 4.14. The summed E-state index contributed by atoms with van der Waals surface area (Å²) in [6, 6.07) is 10.8. The van der Waals surface area contributed by atoms with Gasteiger partial charge in [-0.1, -0.05) is 35.5 Å². The van der Waals surface area contributed by atoms with Crippen LogP contribution in [0.2, 0.25) is 0 Å². The van der Waals surface area contributed by atoms with Crippen molar-refractivity contribution < 1.29 is 9.32 Å². The minimum atomic E-state index is 0.0963. The Morgan fingerprint density at radius 3 is 2.46 bits per heavy atom. The van der Waals surface area contributed by atoms with Gasteiger partial charge in [-0.3, -0.25) is 4.79 Å². The molecule has 5 nitrogen and oxygen atoms in total. The van der Waals surface area contributed by atoms with E-state index in [0.717, 1.165) is 38.4 Å². The fraction of sp³-hybridized carbons (Fsp3) is 0.565. The van der Waals surface area contributed by atoms with E-state index in [0.29, 0.717) is 22.9 Å². The third-order valence-corrected chi connectivity index (χ3v) is 6.62. The number of carbonyl (C=O) groups excluding carboxylic acids is 1. The molecule has 2 aliphatic heterocycles. The SMILES string of the molecule is Cc1noc(C)c1C(=O)N1CCC(C2CCN(CCc3ccccc3)CC2)C1. The van der Waals surface area contributed by atoms with Crippen molar-refractivity contribution in [2.24, 2.45) is 11.8 Å². The van der Waals surface area contributed by atoms with Crippen LogP contribution in [0.3, 0.4) is 0 Å². The molecule has 2 aromatic rings. The van der Waals surface area contributed by atoms with E-state index in [2.05, 4.69) is 40.4 Å². The second-order valence-electron chi connectivity index (χ2n) is 8.41. The minimum absolute atomic E-state index is 0.0963. The Hall–Kier alpha value is -2.14. The summed E-state index contributed by atoms with van der Waals surface area (Å²) < 4.78 is 5.18. The number of hydrogen-bond donors (Lipinski definition) is 0. The predicted octanol–water partition coefficient (Wildman–Crippen LogP) is 3.71. The Labute approximate surface area is 167 Å². The Kier molecular flexibility index (Phi) is 5.81. The summed E-state index contributed by atoms with van der Waals surface area (Å²) in [5, 5.41) is 3.94. The van der Waals surface area contributed by atoms with Crippen molar-refractivity contribution in [2.45, 2.75) is 39.5 Å². The van der Waals surface area contributed by atoms with E-state index in [9.17, 15) is 4.79 Å². The van der Waals surface area contributed by atoms with Crippen LogP contribution in [-0.2, 0) is 6.42 Å². The van der Waals surface area contributed by atoms with Gasteiger partial charge in [-0.2, -0.15) is 0 Å². The van der Waals surface area contributed by atoms with Crippen LogP contribution in [0.25, 0.3) is 0 Å². The van der Waals surface area contributed by atoms with Crippen molar-refractivity contribution >= 4 is 5.91 Å². The van der Waals surface area contributed by atoms with Crippen molar-refractivity contribution in [3.63, 3.8) is 0 Å². The zero-order chi connectivity index (χ0) is 19.5. The van der Waals surface area contributed by atoms with Crippen molar-refractivity contribution in [2.75, 3.05) is 32.7 Å². The molecule has 1 atom stereocenters. The molecule has 0 N–H and O–H groups in total. The Balaban J connectivity index is 1.25. The van der Waals surface area contributed by atoms with Crippen molar-refractivity contribution in [1.29, 1.82) is 0 Å². The first kappa shape index (κ1) is 19.2. The fourth-order valence-electron chi connectivity index (χ4n) is 4.88. The van der Waals surface area contributed by atoms with Crippen LogP contribution in [0, 0.1) is 25.7 Å². The first-order valence-corrected chi connectivity index (χ1v) is 10.6. The van der Waals surface area contributed by atoms with Gasteiger partial charge in [0.1, 0.15) is 11.3 Å². The highest BCUT2D eigenvalue weighted by atomic mass is 16.5. The lowest BCUT2D eigenvalue weighted by Gasteiger charge is -2.34. The number of amides is 1. The van der Waals surface area contributed by atoms with E-state index < -0.39 is 0 Å². The Morgan fingerprint density at radius 1 is 1.07 bits per heavy atom. The van der Waals surface area contributed by atoms with Gasteiger partial charge in [0, 0.05) is 19.6 Å². The molecule has 2 aliphatic rings. The lowest BCUT2D eigenvalue weighted by Crippen LogP contribution is -2.38. The van der Waals surface area contributed by atoms with Crippen LogP contribution < -0.4 is 0 Å². The summed E-state index contributed by atoms with van der Waals surface area (Å²) in [7, 11) is 0. The molecule has 1 amide bonds. The molecule has 4 rings (SSSR count). The van der Waals surface area contributed by atoms with Gasteiger partial charge in [-0.15, -0.1) is 0 Å². The van der Waals surface area contributed by atoms with E-state index in [1.165, 1.54) is 31.5 Å². The molecule has 3 heterocycles. The van der Waals surface area contributed by atoms with Gasteiger partial charge in [0.15, 0.2) is 0 Å². The summed E-state index contributed by atoms with van der Waals surface area (Å²) in [5.41, 5.74) is 2.79. The molecule has 150 valence electrons. The number of carbonyl (C=O) groups is 1. The maximum atomic E-state index is 12.9. The number of rotatable bonds is 5. The van der Waals surface area contributed by atoms with Gasteiger partial charge in [0.25, 0.3) is 5.91 Å². The van der Waals surface area contributed by atoms with Crippen molar-refractivity contribution in [3.8, 4) is 0 Å². The molecule has 2 fully saturated rings. The molecular formula is C23H31N3O2. The Bertz CT molecular complexity index is 774. The largest absolute Gasteiger partial charge is 0.361 e. The molecule has 0 spiro atoms. The van der Waals surface area contributed by atoms with Crippen molar-refractivity contribution in [1.82, 2.24) is 15.0 Å². The molecule has 28 heavy (non-hydrogen) atoms. The molecule has 0 saturated carbocycles. The lowest BCUT2D eigenvalue weighted by atomic mass is 9.83. The second kappa shape index (κ2) is 8.48. The quantitative estimate of drug-likeness (QED) is 0.792.